The third kappa shape index (κ3) is 3.32. The van der Waals surface area contributed by atoms with Crippen LogP contribution >= 0.6 is 22.9 Å². The number of carbonyl (C=O) groups excluding carboxylic acids is 1. The van der Waals surface area contributed by atoms with E-state index in [1.54, 1.807) is 48.5 Å². The number of thiophene rings is 1. The van der Waals surface area contributed by atoms with Gasteiger partial charge in [-0.1, -0.05) is 11.6 Å². The van der Waals surface area contributed by atoms with Gasteiger partial charge in [-0.25, -0.2) is 0 Å². The Morgan fingerprint density at radius 3 is 2.70 bits per heavy atom. The number of aryl methyl sites for hydroxylation is 1. The molecule has 0 aliphatic rings. The van der Waals surface area contributed by atoms with Gasteiger partial charge in [0, 0.05) is 36.2 Å². The maximum absolute atomic E-state index is 12.2. The first-order chi connectivity index (χ1) is 9.49. The zero-order chi connectivity index (χ0) is 14.7. The van der Waals surface area contributed by atoms with Crippen LogP contribution in [0.5, 0.6) is 0 Å². The van der Waals surface area contributed by atoms with Crippen LogP contribution in [0.2, 0.25) is 5.02 Å². The van der Waals surface area contributed by atoms with E-state index in [0.29, 0.717) is 17.1 Å². The highest BCUT2D eigenvalue weighted by molar-refractivity contribution is 7.10. The topological polar surface area (TPSA) is 32.3 Å². The summed E-state index contributed by atoms with van der Waals surface area (Å²) in [5.41, 5.74) is 2.66. The van der Waals surface area contributed by atoms with Crippen LogP contribution in [-0.4, -0.2) is 24.9 Å². The van der Waals surface area contributed by atoms with E-state index >= 15 is 0 Å². The number of nitrogens with zero attached hydrogens (tertiary/aromatic N) is 1. The number of halogens is 1. The van der Waals surface area contributed by atoms with Crippen LogP contribution in [0.15, 0.2) is 29.6 Å². The molecule has 2 rings (SSSR count). The van der Waals surface area contributed by atoms with Crippen LogP contribution in [0.25, 0.3) is 0 Å². The van der Waals surface area contributed by atoms with Crippen molar-refractivity contribution in [1.82, 2.24) is 4.90 Å². The standard InChI is InChI=1S/C15H17ClN2OS/c1-10-6-7-20-14(10)9-17-13-8-11(16)4-5-12(13)15(19)18(2)3/h4-8,17H,9H2,1-3H3. The van der Waals surface area contributed by atoms with Crippen molar-refractivity contribution in [2.24, 2.45) is 0 Å². The van der Waals surface area contributed by atoms with Gasteiger partial charge in [-0.3, -0.25) is 4.79 Å². The average Bonchev–Trinajstić information content (AvgIpc) is 2.81. The number of hydrogen-bond donors (Lipinski definition) is 1. The van der Waals surface area contributed by atoms with Crippen LogP contribution in [0.4, 0.5) is 5.69 Å². The Morgan fingerprint density at radius 1 is 1.35 bits per heavy atom. The highest BCUT2D eigenvalue weighted by atomic mass is 35.5. The Kier molecular flexibility index (Phi) is 4.68. The van der Waals surface area contributed by atoms with Crippen LogP contribution in [0, 0.1) is 6.92 Å². The quantitative estimate of drug-likeness (QED) is 0.925. The second-order valence-corrected chi connectivity index (χ2v) is 6.21. The number of hydrogen-bond acceptors (Lipinski definition) is 3. The van der Waals surface area contributed by atoms with Crippen LogP contribution in [-0.2, 0) is 6.54 Å². The maximum Gasteiger partial charge on any atom is 0.255 e. The van der Waals surface area contributed by atoms with Gasteiger partial charge < -0.3 is 10.2 Å². The SMILES string of the molecule is Cc1ccsc1CNc1cc(Cl)ccc1C(=O)N(C)C. The van der Waals surface area contributed by atoms with Crippen molar-refractivity contribution in [2.45, 2.75) is 13.5 Å². The molecule has 1 amide bonds. The second-order valence-electron chi connectivity index (χ2n) is 4.77. The van der Waals surface area contributed by atoms with Crippen molar-refractivity contribution in [2.75, 3.05) is 19.4 Å². The van der Waals surface area contributed by atoms with Crippen LogP contribution in [0.3, 0.4) is 0 Å². The number of nitrogens with one attached hydrogen (secondary N) is 1. The van der Waals surface area contributed by atoms with E-state index in [1.807, 2.05) is 0 Å². The lowest BCUT2D eigenvalue weighted by Gasteiger charge is -2.15. The molecule has 0 fully saturated rings. The molecule has 2 aromatic rings. The Bertz CT molecular complexity index is 622. The molecule has 0 spiro atoms. The van der Waals surface area contributed by atoms with Gasteiger partial charge in [-0.15, -0.1) is 11.3 Å². The van der Waals surface area contributed by atoms with Crippen molar-refractivity contribution in [3.05, 3.63) is 50.7 Å². The molecule has 1 N–H and O–H groups in total. The summed E-state index contributed by atoms with van der Waals surface area (Å²) in [7, 11) is 3.48. The number of anilines is 1. The van der Waals surface area contributed by atoms with Gasteiger partial charge in [0.2, 0.25) is 0 Å². The molecule has 0 radical (unpaired) electrons. The van der Waals surface area contributed by atoms with Crippen molar-refractivity contribution < 1.29 is 4.79 Å². The molecule has 1 heterocycles. The van der Waals surface area contributed by atoms with E-state index < -0.39 is 0 Å². The van der Waals surface area contributed by atoms with E-state index in [1.165, 1.54) is 10.4 Å². The number of rotatable bonds is 4. The van der Waals surface area contributed by atoms with Crippen molar-refractivity contribution in [3.63, 3.8) is 0 Å². The van der Waals surface area contributed by atoms with Crippen LogP contribution < -0.4 is 5.32 Å². The summed E-state index contributed by atoms with van der Waals surface area (Å²) in [6.45, 7) is 2.77. The number of benzene rings is 1. The zero-order valence-corrected chi connectivity index (χ0v) is 13.3. The molecule has 0 unspecified atom stereocenters. The summed E-state index contributed by atoms with van der Waals surface area (Å²) in [5.74, 6) is -0.0351. The van der Waals surface area contributed by atoms with Gasteiger partial charge in [0.1, 0.15) is 0 Å². The van der Waals surface area contributed by atoms with E-state index in [2.05, 4.69) is 23.7 Å². The summed E-state index contributed by atoms with van der Waals surface area (Å²) in [5, 5.41) is 5.99. The van der Waals surface area contributed by atoms with Gasteiger partial charge in [-0.2, -0.15) is 0 Å². The monoisotopic (exact) mass is 308 g/mol. The first-order valence-corrected chi connectivity index (χ1v) is 7.53. The van der Waals surface area contributed by atoms with Crippen molar-refractivity contribution >= 4 is 34.5 Å². The molecule has 0 saturated carbocycles. The third-order valence-electron chi connectivity index (χ3n) is 3.03. The normalized spacial score (nSPS) is 10.4. The summed E-state index contributed by atoms with van der Waals surface area (Å²) in [6, 6.07) is 7.38. The van der Waals surface area contributed by atoms with Gasteiger partial charge in [-0.05, 0) is 42.1 Å². The smallest absolute Gasteiger partial charge is 0.255 e. The third-order valence-corrected chi connectivity index (χ3v) is 4.28. The largest absolute Gasteiger partial charge is 0.379 e. The molecule has 106 valence electrons. The zero-order valence-electron chi connectivity index (χ0n) is 11.7. The minimum Gasteiger partial charge on any atom is -0.379 e. The highest BCUT2D eigenvalue weighted by Crippen LogP contribution is 2.24. The Balaban J connectivity index is 2.24. The van der Waals surface area contributed by atoms with Crippen molar-refractivity contribution in [3.8, 4) is 0 Å². The fourth-order valence-corrected chi connectivity index (χ4v) is 2.87. The highest BCUT2D eigenvalue weighted by Gasteiger charge is 2.14. The Labute approximate surface area is 128 Å². The molecule has 0 atom stereocenters. The summed E-state index contributed by atoms with van der Waals surface area (Å²) < 4.78 is 0. The lowest BCUT2D eigenvalue weighted by molar-refractivity contribution is 0.0828. The lowest BCUT2D eigenvalue weighted by atomic mass is 10.1. The second kappa shape index (κ2) is 6.29. The fraction of sp³-hybridized carbons (Fsp3) is 0.267. The molecule has 3 nitrogen and oxygen atoms in total. The van der Waals surface area contributed by atoms with E-state index in [0.717, 1.165) is 5.69 Å². The molecule has 0 bridgehead atoms. The number of carbonyl (C=O) groups is 1. The van der Waals surface area contributed by atoms with Crippen molar-refractivity contribution in [1.29, 1.82) is 0 Å². The predicted molar refractivity (Wildman–Crippen MR) is 85.9 cm³/mol. The Morgan fingerprint density at radius 2 is 2.10 bits per heavy atom. The molecule has 1 aromatic carbocycles. The summed E-state index contributed by atoms with van der Waals surface area (Å²) in [6.07, 6.45) is 0. The first-order valence-electron chi connectivity index (χ1n) is 6.27. The molecule has 0 saturated heterocycles. The molecule has 20 heavy (non-hydrogen) atoms. The molecule has 5 heteroatoms. The van der Waals surface area contributed by atoms with E-state index in [4.69, 9.17) is 11.6 Å². The predicted octanol–water partition coefficient (Wildman–Crippen LogP) is 4.02. The van der Waals surface area contributed by atoms with Crippen LogP contribution in [0.1, 0.15) is 20.8 Å². The molecular weight excluding hydrogens is 292 g/mol. The number of amides is 1. The van der Waals surface area contributed by atoms with Gasteiger partial charge in [0.25, 0.3) is 5.91 Å². The minimum absolute atomic E-state index is 0.0351. The van der Waals surface area contributed by atoms with Gasteiger partial charge in [0.15, 0.2) is 0 Å². The molecule has 1 aromatic heterocycles. The lowest BCUT2D eigenvalue weighted by Crippen LogP contribution is -2.23. The maximum atomic E-state index is 12.2. The first kappa shape index (κ1) is 14.9. The molecule has 0 aliphatic heterocycles. The fourth-order valence-electron chi connectivity index (χ4n) is 1.85. The van der Waals surface area contributed by atoms with Gasteiger partial charge in [0.05, 0.1) is 5.56 Å². The minimum atomic E-state index is -0.0351. The summed E-state index contributed by atoms with van der Waals surface area (Å²) >= 11 is 7.73. The van der Waals surface area contributed by atoms with E-state index in [9.17, 15) is 4.79 Å². The Hall–Kier alpha value is -1.52. The average molecular weight is 309 g/mol. The van der Waals surface area contributed by atoms with E-state index in [-0.39, 0.29) is 5.91 Å². The molecule has 0 aliphatic carbocycles. The summed E-state index contributed by atoms with van der Waals surface area (Å²) in [4.78, 5) is 15.0. The molecular formula is C15H17ClN2OS. The van der Waals surface area contributed by atoms with Gasteiger partial charge >= 0.3 is 0 Å².